The molecule has 1 amide bonds. The molecule has 0 aliphatic carbocycles. The van der Waals surface area contributed by atoms with Crippen molar-refractivity contribution in [3.05, 3.63) is 16.1 Å². The molecular weight excluding hydrogens is 266 g/mol. The Labute approximate surface area is 117 Å². The van der Waals surface area contributed by atoms with Crippen molar-refractivity contribution in [2.45, 2.75) is 32.2 Å². The number of unbranched alkanes of at least 4 members (excludes halogenated alkanes) is 3. The van der Waals surface area contributed by atoms with Gasteiger partial charge in [-0.3, -0.25) is 4.79 Å². The summed E-state index contributed by atoms with van der Waals surface area (Å²) in [4.78, 5) is 15.8. The Morgan fingerprint density at radius 2 is 2.22 bits per heavy atom. The molecule has 0 unspecified atom stereocenters. The highest BCUT2D eigenvalue weighted by Gasteiger charge is 2.08. The standard InChI is InChI=1S/C12H21N3OS2/c1-17-7-5-3-2-4-6-14-12(16)10-9-18-11(8-13)15-10/h9H,2-8,13H2,1H3,(H,14,16). The molecule has 0 aliphatic heterocycles. The number of carbonyl (C=O) groups is 1. The van der Waals surface area contributed by atoms with Crippen molar-refractivity contribution < 1.29 is 4.79 Å². The van der Waals surface area contributed by atoms with Crippen molar-refractivity contribution in [2.75, 3.05) is 18.6 Å². The molecular formula is C12H21N3OS2. The van der Waals surface area contributed by atoms with E-state index in [4.69, 9.17) is 5.73 Å². The van der Waals surface area contributed by atoms with E-state index in [1.165, 1.54) is 36.4 Å². The Morgan fingerprint density at radius 3 is 2.89 bits per heavy atom. The first-order valence-electron chi connectivity index (χ1n) is 6.19. The zero-order valence-electron chi connectivity index (χ0n) is 10.8. The van der Waals surface area contributed by atoms with Crippen molar-refractivity contribution in [3.8, 4) is 0 Å². The summed E-state index contributed by atoms with van der Waals surface area (Å²) in [5.41, 5.74) is 5.95. The van der Waals surface area contributed by atoms with Gasteiger partial charge >= 0.3 is 0 Å². The number of aromatic nitrogens is 1. The highest BCUT2D eigenvalue weighted by atomic mass is 32.2. The number of nitrogens with two attached hydrogens (primary N) is 1. The number of carbonyl (C=O) groups excluding carboxylic acids is 1. The second kappa shape index (κ2) is 9.35. The number of thioether (sulfide) groups is 1. The first-order chi connectivity index (χ1) is 8.77. The summed E-state index contributed by atoms with van der Waals surface area (Å²) in [6, 6.07) is 0. The van der Waals surface area contributed by atoms with Crippen LogP contribution >= 0.6 is 23.1 Å². The van der Waals surface area contributed by atoms with Gasteiger partial charge in [0.25, 0.3) is 5.91 Å². The van der Waals surface area contributed by atoms with Gasteiger partial charge in [-0.1, -0.05) is 12.8 Å². The van der Waals surface area contributed by atoms with Crippen LogP contribution in [-0.4, -0.2) is 29.4 Å². The zero-order chi connectivity index (χ0) is 13.2. The summed E-state index contributed by atoms with van der Waals surface area (Å²) in [7, 11) is 0. The van der Waals surface area contributed by atoms with Gasteiger partial charge in [-0.2, -0.15) is 11.8 Å². The molecule has 0 radical (unpaired) electrons. The topological polar surface area (TPSA) is 68.0 Å². The molecule has 0 saturated carbocycles. The summed E-state index contributed by atoms with van der Waals surface area (Å²) in [6.07, 6.45) is 6.84. The van der Waals surface area contributed by atoms with E-state index in [0.29, 0.717) is 12.2 Å². The molecule has 4 nitrogen and oxygen atoms in total. The van der Waals surface area contributed by atoms with Gasteiger partial charge in [0.2, 0.25) is 0 Å². The van der Waals surface area contributed by atoms with Crippen LogP contribution in [0.1, 0.15) is 41.2 Å². The molecule has 1 aromatic rings. The Bertz CT molecular complexity index is 355. The quantitative estimate of drug-likeness (QED) is 0.684. The Morgan fingerprint density at radius 1 is 1.44 bits per heavy atom. The summed E-state index contributed by atoms with van der Waals surface area (Å²) < 4.78 is 0. The number of thiazole rings is 1. The van der Waals surface area contributed by atoms with Gasteiger partial charge in [-0.25, -0.2) is 4.98 Å². The van der Waals surface area contributed by atoms with Gasteiger partial charge in [0.15, 0.2) is 0 Å². The summed E-state index contributed by atoms with van der Waals surface area (Å²) in [6.45, 7) is 1.13. The van der Waals surface area contributed by atoms with Gasteiger partial charge in [-0.15, -0.1) is 11.3 Å². The van der Waals surface area contributed by atoms with Crippen LogP contribution in [0.15, 0.2) is 5.38 Å². The largest absolute Gasteiger partial charge is 0.351 e. The van der Waals surface area contributed by atoms with Gasteiger partial charge in [0.1, 0.15) is 10.7 Å². The molecule has 0 atom stereocenters. The maximum atomic E-state index is 11.7. The van der Waals surface area contributed by atoms with Crippen LogP contribution in [0.5, 0.6) is 0 Å². The molecule has 3 N–H and O–H groups in total. The van der Waals surface area contributed by atoms with E-state index in [-0.39, 0.29) is 5.91 Å². The predicted molar refractivity (Wildman–Crippen MR) is 79.2 cm³/mol. The fourth-order valence-corrected chi connectivity index (χ4v) is 2.67. The molecule has 18 heavy (non-hydrogen) atoms. The zero-order valence-corrected chi connectivity index (χ0v) is 12.4. The molecule has 0 aromatic carbocycles. The van der Waals surface area contributed by atoms with Crippen LogP contribution < -0.4 is 11.1 Å². The first-order valence-corrected chi connectivity index (χ1v) is 8.47. The van der Waals surface area contributed by atoms with E-state index in [1.807, 2.05) is 11.8 Å². The number of nitrogens with zero attached hydrogens (tertiary/aromatic N) is 1. The third-order valence-electron chi connectivity index (χ3n) is 2.52. The molecule has 1 aromatic heterocycles. The van der Waals surface area contributed by atoms with E-state index in [2.05, 4.69) is 16.6 Å². The van der Waals surface area contributed by atoms with Crippen molar-refractivity contribution in [3.63, 3.8) is 0 Å². The lowest BCUT2D eigenvalue weighted by Gasteiger charge is -2.03. The molecule has 1 rings (SSSR count). The molecule has 0 bridgehead atoms. The van der Waals surface area contributed by atoms with Crippen LogP contribution in [0.3, 0.4) is 0 Å². The van der Waals surface area contributed by atoms with E-state index >= 15 is 0 Å². The average Bonchev–Trinajstić information content (AvgIpc) is 2.86. The molecule has 0 saturated heterocycles. The summed E-state index contributed by atoms with van der Waals surface area (Å²) in [5.74, 6) is 1.14. The monoisotopic (exact) mass is 287 g/mol. The SMILES string of the molecule is CSCCCCCCNC(=O)c1csc(CN)n1. The highest BCUT2D eigenvalue weighted by molar-refractivity contribution is 7.98. The van der Waals surface area contributed by atoms with Gasteiger partial charge in [0.05, 0.1) is 0 Å². The third-order valence-corrected chi connectivity index (χ3v) is 4.09. The van der Waals surface area contributed by atoms with Crippen LogP contribution in [0, 0.1) is 0 Å². The second-order valence-electron chi connectivity index (χ2n) is 3.99. The average molecular weight is 287 g/mol. The molecule has 6 heteroatoms. The second-order valence-corrected chi connectivity index (χ2v) is 5.92. The van der Waals surface area contributed by atoms with Crippen LogP contribution in [0.2, 0.25) is 0 Å². The van der Waals surface area contributed by atoms with Crippen molar-refractivity contribution in [1.29, 1.82) is 0 Å². The van der Waals surface area contributed by atoms with Crippen LogP contribution in [0.4, 0.5) is 0 Å². The number of hydrogen-bond donors (Lipinski definition) is 2. The summed E-state index contributed by atoms with van der Waals surface area (Å²) >= 11 is 3.32. The van der Waals surface area contributed by atoms with Gasteiger partial charge in [0, 0.05) is 18.5 Å². The Hall–Kier alpha value is -0.590. The minimum atomic E-state index is -0.0879. The van der Waals surface area contributed by atoms with Crippen molar-refractivity contribution >= 4 is 29.0 Å². The lowest BCUT2D eigenvalue weighted by molar-refractivity contribution is 0.0948. The van der Waals surface area contributed by atoms with Crippen molar-refractivity contribution in [2.24, 2.45) is 5.73 Å². The molecule has 0 fully saturated rings. The number of rotatable bonds is 9. The third kappa shape index (κ3) is 5.84. The van der Waals surface area contributed by atoms with E-state index in [0.717, 1.165) is 18.0 Å². The maximum Gasteiger partial charge on any atom is 0.270 e. The maximum absolute atomic E-state index is 11.7. The Balaban J connectivity index is 2.10. The van der Waals surface area contributed by atoms with E-state index < -0.39 is 0 Å². The van der Waals surface area contributed by atoms with Gasteiger partial charge < -0.3 is 11.1 Å². The number of hydrogen-bond acceptors (Lipinski definition) is 5. The number of amides is 1. The smallest absolute Gasteiger partial charge is 0.270 e. The molecule has 0 spiro atoms. The summed E-state index contributed by atoms with van der Waals surface area (Å²) in [5, 5.41) is 5.45. The lowest BCUT2D eigenvalue weighted by atomic mass is 10.2. The normalized spacial score (nSPS) is 10.6. The fraction of sp³-hybridized carbons (Fsp3) is 0.667. The van der Waals surface area contributed by atoms with Crippen LogP contribution in [-0.2, 0) is 6.54 Å². The minimum Gasteiger partial charge on any atom is -0.351 e. The van der Waals surface area contributed by atoms with E-state index in [9.17, 15) is 4.79 Å². The van der Waals surface area contributed by atoms with Crippen LogP contribution in [0.25, 0.3) is 0 Å². The first kappa shape index (κ1) is 15.5. The molecule has 1 heterocycles. The van der Waals surface area contributed by atoms with Gasteiger partial charge in [-0.05, 0) is 24.9 Å². The molecule has 102 valence electrons. The minimum absolute atomic E-state index is 0.0879. The predicted octanol–water partition coefficient (Wildman–Crippen LogP) is 2.25. The lowest BCUT2D eigenvalue weighted by Crippen LogP contribution is -2.24. The highest BCUT2D eigenvalue weighted by Crippen LogP contribution is 2.08. The van der Waals surface area contributed by atoms with E-state index in [1.54, 1.807) is 5.38 Å². The fourth-order valence-electron chi connectivity index (χ4n) is 1.53. The molecule has 0 aliphatic rings. The van der Waals surface area contributed by atoms with Crippen molar-refractivity contribution in [1.82, 2.24) is 10.3 Å². The Kier molecular flexibility index (Phi) is 8.04. The number of nitrogens with one attached hydrogen (secondary N) is 1.